The Bertz CT molecular complexity index is 469. The molecule has 3 fully saturated rings. The molecule has 0 saturated carbocycles. The van der Waals surface area contributed by atoms with E-state index in [0.717, 1.165) is 39.4 Å². The van der Waals surface area contributed by atoms with E-state index in [0.29, 0.717) is 11.1 Å². The third-order valence-electron chi connectivity index (χ3n) is 8.51. The van der Waals surface area contributed by atoms with Crippen LogP contribution < -0.4 is 5.32 Å². The largest absolute Gasteiger partial charge is 0.379 e. The van der Waals surface area contributed by atoms with Crippen molar-refractivity contribution in [3.8, 4) is 0 Å². The number of nitrogens with zero attached hydrogens (tertiary/aromatic N) is 3. The maximum Gasteiger partial charge on any atom is 0.0594 e. The quantitative estimate of drug-likeness (QED) is 0.614. The van der Waals surface area contributed by atoms with E-state index in [2.05, 4.69) is 54.6 Å². The van der Waals surface area contributed by atoms with Crippen molar-refractivity contribution in [3.63, 3.8) is 0 Å². The van der Waals surface area contributed by atoms with E-state index in [1.54, 1.807) is 0 Å². The number of nitrogens with one attached hydrogen (secondary N) is 1. The molecule has 0 aromatic carbocycles. The van der Waals surface area contributed by atoms with Crippen molar-refractivity contribution in [2.75, 3.05) is 65.6 Å². The first-order valence-electron chi connectivity index (χ1n) is 12.8. The summed E-state index contributed by atoms with van der Waals surface area (Å²) in [5.74, 6) is 0. The summed E-state index contributed by atoms with van der Waals surface area (Å²) in [5, 5.41) is 3.56. The molecule has 0 aliphatic carbocycles. The van der Waals surface area contributed by atoms with Crippen molar-refractivity contribution in [3.05, 3.63) is 0 Å². The second-order valence-corrected chi connectivity index (χ2v) is 11.5. The Morgan fingerprint density at radius 3 is 1.63 bits per heavy atom. The molecular weight excluding hydrogens is 372 g/mol. The summed E-state index contributed by atoms with van der Waals surface area (Å²) >= 11 is 0. The molecule has 1 atom stereocenters. The van der Waals surface area contributed by atoms with Gasteiger partial charge in [-0.1, -0.05) is 6.42 Å². The van der Waals surface area contributed by atoms with Gasteiger partial charge in [-0.15, -0.1) is 0 Å². The Balaban J connectivity index is 1.64. The SMILES string of the molecule is CC(C)(CCC(C)(CCC(C)(C)N1CCOCC1)N1CCNCC1)N1CCCCC1. The van der Waals surface area contributed by atoms with Crippen molar-refractivity contribution in [1.82, 2.24) is 20.0 Å². The first-order valence-corrected chi connectivity index (χ1v) is 12.8. The number of hydrogen-bond donors (Lipinski definition) is 1. The van der Waals surface area contributed by atoms with Gasteiger partial charge in [0.05, 0.1) is 13.2 Å². The van der Waals surface area contributed by atoms with Crippen molar-refractivity contribution >= 4 is 0 Å². The summed E-state index contributed by atoms with van der Waals surface area (Å²) in [6, 6.07) is 0. The van der Waals surface area contributed by atoms with Crippen LogP contribution in [0.5, 0.6) is 0 Å². The fraction of sp³-hybridized carbons (Fsp3) is 1.00. The van der Waals surface area contributed by atoms with Gasteiger partial charge in [0.25, 0.3) is 0 Å². The molecule has 5 nitrogen and oxygen atoms in total. The lowest BCUT2D eigenvalue weighted by atomic mass is 9.79. The second-order valence-electron chi connectivity index (χ2n) is 11.5. The van der Waals surface area contributed by atoms with Gasteiger partial charge in [0.15, 0.2) is 0 Å². The smallest absolute Gasteiger partial charge is 0.0594 e. The fourth-order valence-corrected chi connectivity index (χ4v) is 5.78. The molecule has 3 heterocycles. The van der Waals surface area contributed by atoms with Gasteiger partial charge in [0, 0.05) is 55.9 Å². The number of piperazine rings is 1. The zero-order valence-electron chi connectivity index (χ0n) is 20.8. The number of piperidine rings is 1. The van der Waals surface area contributed by atoms with Crippen LogP contribution in [0.1, 0.15) is 79.6 Å². The third-order valence-corrected chi connectivity index (χ3v) is 8.51. The Morgan fingerprint density at radius 1 is 0.600 bits per heavy atom. The van der Waals surface area contributed by atoms with Gasteiger partial charge in [0.2, 0.25) is 0 Å². The van der Waals surface area contributed by atoms with E-state index in [1.807, 2.05) is 0 Å². The number of hydrogen-bond acceptors (Lipinski definition) is 5. The predicted molar refractivity (Wildman–Crippen MR) is 127 cm³/mol. The Labute approximate surface area is 186 Å². The summed E-state index contributed by atoms with van der Waals surface area (Å²) in [4.78, 5) is 8.24. The van der Waals surface area contributed by atoms with E-state index in [9.17, 15) is 0 Å². The first-order chi connectivity index (χ1) is 14.2. The maximum absolute atomic E-state index is 5.61. The van der Waals surface area contributed by atoms with Crippen molar-refractivity contribution in [1.29, 1.82) is 0 Å². The van der Waals surface area contributed by atoms with Crippen LogP contribution in [-0.2, 0) is 4.74 Å². The molecule has 3 aliphatic rings. The monoisotopic (exact) mass is 422 g/mol. The topological polar surface area (TPSA) is 31.0 Å². The standard InChI is InChI=1S/C25H50N4O/c1-23(2,27-15-7-6-8-16-27)9-11-25(5,29-17-13-26-14-18-29)12-10-24(3,4)28-19-21-30-22-20-28/h26H,6-22H2,1-5H3. The highest BCUT2D eigenvalue weighted by Gasteiger charge is 2.38. The van der Waals surface area contributed by atoms with Crippen LogP contribution >= 0.6 is 0 Å². The fourth-order valence-electron chi connectivity index (χ4n) is 5.78. The van der Waals surface area contributed by atoms with Crippen LogP contribution in [0, 0.1) is 0 Å². The molecule has 0 bridgehead atoms. The predicted octanol–water partition coefficient (Wildman–Crippen LogP) is 3.59. The van der Waals surface area contributed by atoms with Gasteiger partial charge in [-0.3, -0.25) is 14.7 Å². The van der Waals surface area contributed by atoms with Gasteiger partial charge in [-0.2, -0.15) is 0 Å². The molecule has 3 rings (SSSR count). The number of ether oxygens (including phenoxy) is 1. The highest BCUT2D eigenvalue weighted by atomic mass is 16.5. The van der Waals surface area contributed by atoms with Crippen LogP contribution in [0.2, 0.25) is 0 Å². The van der Waals surface area contributed by atoms with E-state index >= 15 is 0 Å². The van der Waals surface area contributed by atoms with Crippen LogP contribution in [0.3, 0.4) is 0 Å². The molecule has 0 radical (unpaired) electrons. The van der Waals surface area contributed by atoms with Gasteiger partial charge in [-0.25, -0.2) is 0 Å². The normalized spacial score (nSPS) is 25.9. The minimum atomic E-state index is 0.251. The summed E-state index contributed by atoms with van der Waals surface area (Å²) in [6.07, 6.45) is 9.33. The number of rotatable bonds is 9. The Kier molecular flexibility index (Phi) is 8.65. The minimum absolute atomic E-state index is 0.251. The molecule has 30 heavy (non-hydrogen) atoms. The average Bonchev–Trinajstić information content (AvgIpc) is 2.78. The molecule has 3 saturated heterocycles. The molecule has 0 amide bonds. The lowest BCUT2D eigenvalue weighted by Gasteiger charge is -2.49. The molecule has 0 aromatic heterocycles. The average molecular weight is 423 g/mol. The van der Waals surface area contributed by atoms with Crippen LogP contribution in [0.15, 0.2) is 0 Å². The summed E-state index contributed by atoms with van der Waals surface area (Å²) in [5.41, 5.74) is 0.857. The van der Waals surface area contributed by atoms with Crippen molar-refractivity contribution < 1.29 is 4.74 Å². The van der Waals surface area contributed by atoms with E-state index in [-0.39, 0.29) is 5.54 Å². The summed E-state index contributed by atoms with van der Waals surface area (Å²) in [6.45, 7) is 23.7. The van der Waals surface area contributed by atoms with E-state index < -0.39 is 0 Å². The van der Waals surface area contributed by atoms with Crippen LogP contribution in [0.4, 0.5) is 0 Å². The molecule has 0 spiro atoms. The molecular formula is C25H50N4O. The van der Waals surface area contributed by atoms with Crippen LogP contribution in [0.25, 0.3) is 0 Å². The van der Waals surface area contributed by atoms with Crippen LogP contribution in [-0.4, -0.2) is 96.9 Å². The molecule has 0 aromatic rings. The third kappa shape index (κ3) is 6.41. The molecule has 1 unspecified atom stereocenters. The highest BCUT2D eigenvalue weighted by molar-refractivity contribution is 4.96. The van der Waals surface area contributed by atoms with Crippen molar-refractivity contribution in [2.45, 2.75) is 96.2 Å². The van der Waals surface area contributed by atoms with E-state index in [1.165, 1.54) is 71.1 Å². The maximum atomic E-state index is 5.61. The lowest BCUT2D eigenvalue weighted by molar-refractivity contribution is -0.0233. The molecule has 176 valence electrons. The van der Waals surface area contributed by atoms with Gasteiger partial charge >= 0.3 is 0 Å². The zero-order chi connectivity index (χ0) is 21.7. The number of likely N-dealkylation sites (tertiary alicyclic amines) is 1. The van der Waals surface area contributed by atoms with E-state index in [4.69, 9.17) is 4.74 Å². The Morgan fingerprint density at radius 2 is 1.10 bits per heavy atom. The first kappa shape index (κ1) is 24.4. The molecule has 3 aliphatic heterocycles. The van der Waals surface area contributed by atoms with Gasteiger partial charge < -0.3 is 10.1 Å². The summed E-state index contributed by atoms with van der Waals surface area (Å²) < 4.78 is 5.61. The zero-order valence-corrected chi connectivity index (χ0v) is 20.8. The number of morpholine rings is 1. The highest BCUT2D eigenvalue weighted by Crippen LogP contribution is 2.35. The van der Waals surface area contributed by atoms with Gasteiger partial charge in [-0.05, 0) is 86.2 Å². The lowest BCUT2D eigenvalue weighted by Crippen LogP contribution is -2.57. The van der Waals surface area contributed by atoms with Gasteiger partial charge in [0.1, 0.15) is 0 Å². The van der Waals surface area contributed by atoms with Crippen molar-refractivity contribution in [2.24, 2.45) is 0 Å². The second kappa shape index (κ2) is 10.6. The summed E-state index contributed by atoms with van der Waals surface area (Å²) in [7, 11) is 0. The molecule has 1 N–H and O–H groups in total. The minimum Gasteiger partial charge on any atom is -0.379 e. The Hall–Kier alpha value is -0.200. The molecule has 5 heteroatoms.